The molecule has 1 heterocycles. The Bertz CT molecular complexity index is 1120. The van der Waals surface area contributed by atoms with Gasteiger partial charge in [-0.2, -0.15) is 8.42 Å². The highest BCUT2D eigenvalue weighted by Crippen LogP contribution is 2.24. The number of hydrogen-bond acceptors (Lipinski definition) is 11. The van der Waals surface area contributed by atoms with Crippen LogP contribution in [0, 0.1) is 0 Å². The predicted octanol–water partition coefficient (Wildman–Crippen LogP) is 9.06. The molecule has 1 saturated heterocycles. The van der Waals surface area contributed by atoms with Crippen molar-refractivity contribution in [3.05, 3.63) is 12.2 Å². The summed E-state index contributed by atoms with van der Waals surface area (Å²) in [4.78, 5) is 25.4. The Hall–Kier alpha value is -1.61. The van der Waals surface area contributed by atoms with Crippen LogP contribution in [0.5, 0.6) is 0 Å². The summed E-state index contributed by atoms with van der Waals surface area (Å²) in [5, 5.41) is 30.9. The lowest BCUT2D eigenvalue weighted by atomic mass is 10.00. The van der Waals surface area contributed by atoms with E-state index in [0.29, 0.717) is 12.8 Å². The number of hydrogen-bond donors (Lipinski definition) is 4. The van der Waals surface area contributed by atoms with Crippen LogP contribution < -0.4 is 0 Å². The second-order valence-corrected chi connectivity index (χ2v) is 17.6. The summed E-state index contributed by atoms with van der Waals surface area (Å²) >= 11 is 0. The van der Waals surface area contributed by atoms with Crippen LogP contribution in [0.25, 0.3) is 0 Å². The highest BCUT2D eigenvalue weighted by molar-refractivity contribution is 7.85. The van der Waals surface area contributed by atoms with Gasteiger partial charge in [-0.05, 0) is 38.5 Å². The first kappa shape index (κ1) is 53.4. The Labute approximate surface area is 346 Å². The van der Waals surface area contributed by atoms with Gasteiger partial charge in [0.2, 0.25) is 0 Å². The van der Waals surface area contributed by atoms with Crippen LogP contribution in [-0.2, 0) is 38.7 Å². The van der Waals surface area contributed by atoms with Crippen molar-refractivity contribution in [1.29, 1.82) is 0 Å². The van der Waals surface area contributed by atoms with Crippen LogP contribution in [0.4, 0.5) is 0 Å². The van der Waals surface area contributed by atoms with E-state index in [4.69, 9.17) is 18.9 Å². The summed E-state index contributed by atoms with van der Waals surface area (Å²) in [5.74, 6) is -1.98. The van der Waals surface area contributed by atoms with Crippen LogP contribution in [0.1, 0.15) is 200 Å². The van der Waals surface area contributed by atoms with Crippen LogP contribution in [0.3, 0.4) is 0 Å². The molecule has 12 nitrogen and oxygen atoms in total. The van der Waals surface area contributed by atoms with E-state index in [1.54, 1.807) is 0 Å². The maximum Gasteiger partial charge on any atom is 0.306 e. The Morgan fingerprint density at radius 1 is 0.579 bits per heavy atom. The summed E-state index contributed by atoms with van der Waals surface area (Å²) < 4.78 is 54.0. The highest BCUT2D eigenvalue weighted by atomic mass is 32.2. The number of allylic oxidation sites excluding steroid dienone is 2. The minimum Gasteiger partial charge on any atom is -0.462 e. The van der Waals surface area contributed by atoms with Crippen molar-refractivity contribution >= 4 is 22.1 Å². The van der Waals surface area contributed by atoms with Crippen molar-refractivity contribution in [3.8, 4) is 0 Å². The molecule has 1 aliphatic heterocycles. The van der Waals surface area contributed by atoms with Crippen molar-refractivity contribution in [2.24, 2.45) is 0 Å². The first-order valence-corrected chi connectivity index (χ1v) is 24.4. The number of rotatable bonds is 38. The third kappa shape index (κ3) is 30.1. The second-order valence-electron chi connectivity index (χ2n) is 16.1. The maximum absolute atomic E-state index is 12.8. The zero-order valence-corrected chi connectivity index (χ0v) is 36.5. The number of carbonyl (C=O) groups excluding carboxylic acids is 2. The van der Waals surface area contributed by atoms with E-state index in [9.17, 15) is 37.9 Å². The largest absolute Gasteiger partial charge is 0.462 e. The minimum absolute atomic E-state index is 0.158. The van der Waals surface area contributed by atoms with Crippen molar-refractivity contribution in [2.75, 3.05) is 19.0 Å². The molecule has 0 amide bonds. The quantitative estimate of drug-likeness (QED) is 0.0200. The fourth-order valence-corrected chi connectivity index (χ4v) is 7.72. The Morgan fingerprint density at radius 2 is 1.00 bits per heavy atom. The molecule has 0 aromatic carbocycles. The van der Waals surface area contributed by atoms with Gasteiger partial charge in [0, 0.05) is 12.8 Å². The van der Waals surface area contributed by atoms with Gasteiger partial charge in [0.15, 0.2) is 12.4 Å². The monoisotopic (exact) mass is 835 g/mol. The first-order chi connectivity index (χ1) is 27.5. The Kier molecular flexibility index (Phi) is 33.0. The summed E-state index contributed by atoms with van der Waals surface area (Å²) in [5.41, 5.74) is 0. The number of carbonyl (C=O) groups is 2. The lowest BCUT2D eigenvalue weighted by Crippen LogP contribution is -2.60. The van der Waals surface area contributed by atoms with E-state index in [1.807, 2.05) is 0 Å². The molecule has 0 aliphatic carbocycles. The number of aliphatic hydroxyl groups excluding tert-OH is 3. The van der Waals surface area contributed by atoms with E-state index in [1.165, 1.54) is 103 Å². The van der Waals surface area contributed by atoms with E-state index >= 15 is 0 Å². The zero-order chi connectivity index (χ0) is 42.0. The SMILES string of the molecule is CCCCCCCC/C=C/CCCCCCCC(=O)O[C@H](COC(=O)CCCCCCCCCCCCCCCC)CO[C@H]1O[C@H](CS(=O)(=O)O)[C@@H](O)C(O)C1O. The third-order valence-electron chi connectivity index (χ3n) is 10.6. The molecule has 1 fully saturated rings. The lowest BCUT2D eigenvalue weighted by molar-refractivity contribution is -0.297. The lowest BCUT2D eigenvalue weighted by Gasteiger charge is -2.40. The normalized spacial score (nSPS) is 20.6. The molecular formula is C44H82O12S. The average molecular weight is 835 g/mol. The van der Waals surface area contributed by atoms with Gasteiger partial charge >= 0.3 is 11.9 Å². The fraction of sp³-hybridized carbons (Fsp3) is 0.909. The smallest absolute Gasteiger partial charge is 0.306 e. The molecule has 6 atom stereocenters. The average Bonchev–Trinajstić information content (AvgIpc) is 3.17. The van der Waals surface area contributed by atoms with E-state index < -0.39 is 71.2 Å². The molecule has 0 aromatic rings. The van der Waals surface area contributed by atoms with Crippen LogP contribution in [-0.4, -0.2) is 96.0 Å². The van der Waals surface area contributed by atoms with E-state index in [-0.39, 0.29) is 19.4 Å². The van der Waals surface area contributed by atoms with Gasteiger partial charge in [-0.15, -0.1) is 0 Å². The molecular weight excluding hydrogens is 753 g/mol. The van der Waals surface area contributed by atoms with Crippen molar-refractivity contribution in [3.63, 3.8) is 0 Å². The molecule has 0 aromatic heterocycles. The molecule has 57 heavy (non-hydrogen) atoms. The number of unbranched alkanes of at least 4 members (excludes halogenated alkanes) is 24. The Morgan fingerprint density at radius 3 is 1.46 bits per heavy atom. The highest BCUT2D eigenvalue weighted by Gasteiger charge is 2.46. The molecule has 1 rings (SSSR count). The molecule has 0 spiro atoms. The van der Waals surface area contributed by atoms with Gasteiger partial charge in [-0.3, -0.25) is 14.1 Å². The molecule has 1 aliphatic rings. The van der Waals surface area contributed by atoms with Crippen LogP contribution in [0.15, 0.2) is 12.2 Å². The molecule has 2 unspecified atom stereocenters. The summed E-state index contributed by atoms with van der Waals surface area (Å²) in [6.45, 7) is 3.76. The number of esters is 2. The van der Waals surface area contributed by atoms with Gasteiger partial charge in [-0.1, -0.05) is 161 Å². The van der Waals surface area contributed by atoms with Gasteiger partial charge in [0.1, 0.15) is 36.8 Å². The Balaban J connectivity index is 2.45. The number of aliphatic hydroxyl groups is 3. The molecule has 4 N–H and O–H groups in total. The third-order valence-corrected chi connectivity index (χ3v) is 11.3. The molecule has 13 heteroatoms. The van der Waals surface area contributed by atoms with Gasteiger partial charge in [-0.25, -0.2) is 0 Å². The number of ether oxygens (including phenoxy) is 4. The van der Waals surface area contributed by atoms with Crippen molar-refractivity contribution in [2.45, 2.75) is 237 Å². The first-order valence-electron chi connectivity index (χ1n) is 22.7. The predicted molar refractivity (Wildman–Crippen MR) is 224 cm³/mol. The summed E-state index contributed by atoms with van der Waals surface area (Å²) in [6.07, 6.45) is 26.8. The van der Waals surface area contributed by atoms with Crippen LogP contribution in [0.2, 0.25) is 0 Å². The van der Waals surface area contributed by atoms with Gasteiger partial charge in [0.05, 0.1) is 6.61 Å². The van der Waals surface area contributed by atoms with E-state index in [0.717, 1.165) is 57.8 Å². The second kappa shape index (κ2) is 35.2. The van der Waals surface area contributed by atoms with E-state index in [2.05, 4.69) is 26.0 Å². The van der Waals surface area contributed by atoms with Crippen molar-refractivity contribution in [1.82, 2.24) is 0 Å². The summed E-state index contributed by atoms with van der Waals surface area (Å²) in [6, 6.07) is 0. The van der Waals surface area contributed by atoms with Crippen LogP contribution >= 0.6 is 0 Å². The molecule has 0 saturated carbocycles. The van der Waals surface area contributed by atoms with Gasteiger partial charge < -0.3 is 34.3 Å². The fourth-order valence-electron chi connectivity index (χ4n) is 7.02. The standard InChI is InChI=1S/C44H82O12S/c1-3-5-7-9-11-13-15-17-19-21-23-25-27-29-31-33-40(46)55-37(35-54-44-43(49)42(48)41(47)38(56-44)36-57(50,51)52)34-53-39(45)32-30-28-26-24-22-20-18-16-14-12-10-8-6-4-2/h17,19,37-38,41-44,47-49H,3-16,18,20-36H2,1-2H3,(H,50,51,52)/b19-17+/t37-,38-,41-,42?,43?,44+/m1/s1. The molecule has 336 valence electrons. The minimum atomic E-state index is -4.60. The van der Waals surface area contributed by atoms with Crippen molar-refractivity contribution < 1.29 is 56.8 Å². The zero-order valence-electron chi connectivity index (χ0n) is 35.7. The maximum atomic E-state index is 12.8. The topological polar surface area (TPSA) is 186 Å². The van der Waals surface area contributed by atoms with Gasteiger partial charge in [0.25, 0.3) is 10.1 Å². The summed E-state index contributed by atoms with van der Waals surface area (Å²) in [7, 11) is -4.60. The molecule has 0 radical (unpaired) electrons. The molecule has 0 bridgehead atoms.